The van der Waals surface area contributed by atoms with Crippen LogP contribution in [0.25, 0.3) is 0 Å². The van der Waals surface area contributed by atoms with Crippen LogP contribution in [-0.2, 0) is 17.7 Å². The number of fused-ring (bicyclic) bond motifs is 1. The van der Waals surface area contributed by atoms with Crippen LogP contribution in [0.1, 0.15) is 42.4 Å². The van der Waals surface area contributed by atoms with Gasteiger partial charge in [-0.25, -0.2) is 4.79 Å². The molecule has 0 bridgehead atoms. The van der Waals surface area contributed by atoms with Gasteiger partial charge in [-0.2, -0.15) is 5.10 Å². The number of aromatic amines is 1. The average Bonchev–Trinajstić information content (AvgIpc) is 2.96. The second-order valence-electron chi connectivity index (χ2n) is 6.88. The summed E-state index contributed by atoms with van der Waals surface area (Å²) in [7, 11) is 0. The van der Waals surface area contributed by atoms with Gasteiger partial charge in [0.05, 0.1) is 12.1 Å². The number of hydrogen-bond acceptors (Lipinski definition) is 5. The van der Waals surface area contributed by atoms with E-state index in [0.717, 1.165) is 11.3 Å². The van der Waals surface area contributed by atoms with Crippen LogP contribution in [0, 0.1) is 0 Å². The molecule has 2 N–H and O–H groups in total. The fourth-order valence-corrected chi connectivity index (χ4v) is 2.56. The minimum atomic E-state index is -0.550. The summed E-state index contributed by atoms with van der Waals surface area (Å²) < 4.78 is 5.42. The smallest absolute Gasteiger partial charge is 0.410 e. The van der Waals surface area contributed by atoms with Gasteiger partial charge < -0.3 is 15.0 Å². The highest BCUT2D eigenvalue weighted by Crippen LogP contribution is 2.25. The van der Waals surface area contributed by atoms with Gasteiger partial charge in [0.1, 0.15) is 5.60 Å². The Morgan fingerprint density at radius 3 is 2.84 bits per heavy atom. The number of carbonyl (C=O) groups is 2. The molecule has 25 heavy (non-hydrogen) atoms. The number of H-pyrrole nitrogens is 1. The number of nitrogens with one attached hydrogen (secondary N) is 2. The van der Waals surface area contributed by atoms with E-state index < -0.39 is 5.60 Å². The van der Waals surface area contributed by atoms with Crippen molar-refractivity contribution in [2.75, 3.05) is 11.9 Å². The van der Waals surface area contributed by atoms with Gasteiger partial charge in [-0.1, -0.05) is 0 Å². The molecule has 0 atom stereocenters. The first-order chi connectivity index (χ1) is 11.8. The van der Waals surface area contributed by atoms with Crippen molar-refractivity contribution in [2.24, 2.45) is 0 Å². The van der Waals surface area contributed by atoms with Crippen molar-refractivity contribution in [3.63, 3.8) is 0 Å². The number of anilines is 1. The van der Waals surface area contributed by atoms with Gasteiger partial charge in [0.15, 0.2) is 5.82 Å². The lowest BCUT2D eigenvalue weighted by Crippen LogP contribution is -2.40. The van der Waals surface area contributed by atoms with Crippen LogP contribution in [0.15, 0.2) is 24.5 Å². The summed E-state index contributed by atoms with van der Waals surface area (Å²) in [6.45, 7) is 6.37. The van der Waals surface area contributed by atoms with Gasteiger partial charge in [-0.3, -0.25) is 14.9 Å². The minimum absolute atomic E-state index is 0.295. The number of hydrogen-bond donors (Lipinski definition) is 2. The van der Waals surface area contributed by atoms with E-state index in [1.54, 1.807) is 23.2 Å². The number of aromatic nitrogens is 3. The van der Waals surface area contributed by atoms with E-state index in [1.165, 1.54) is 6.20 Å². The Hall–Kier alpha value is -2.90. The third-order valence-corrected chi connectivity index (χ3v) is 3.74. The molecule has 0 unspecified atom stereocenters. The Labute approximate surface area is 145 Å². The number of nitrogens with zero attached hydrogens (tertiary/aromatic N) is 3. The zero-order valence-electron chi connectivity index (χ0n) is 14.5. The third-order valence-electron chi connectivity index (χ3n) is 3.74. The molecule has 0 saturated carbocycles. The Kier molecular flexibility index (Phi) is 4.43. The van der Waals surface area contributed by atoms with E-state index in [1.807, 2.05) is 20.8 Å². The Bertz CT molecular complexity index is 779. The summed E-state index contributed by atoms with van der Waals surface area (Å²) in [5, 5.41) is 9.88. The van der Waals surface area contributed by atoms with Crippen molar-refractivity contribution in [3.05, 3.63) is 41.3 Å². The van der Waals surface area contributed by atoms with Gasteiger partial charge >= 0.3 is 6.09 Å². The van der Waals surface area contributed by atoms with Crippen LogP contribution in [0.3, 0.4) is 0 Å². The van der Waals surface area contributed by atoms with Crippen molar-refractivity contribution >= 4 is 17.8 Å². The summed E-state index contributed by atoms with van der Waals surface area (Å²) in [6.07, 6.45) is 3.35. The molecule has 0 radical (unpaired) electrons. The van der Waals surface area contributed by atoms with E-state index >= 15 is 0 Å². The Morgan fingerprint density at radius 1 is 1.36 bits per heavy atom. The predicted octanol–water partition coefficient (Wildman–Crippen LogP) is 2.35. The normalized spacial score (nSPS) is 14.0. The van der Waals surface area contributed by atoms with Gasteiger partial charge in [0.25, 0.3) is 5.91 Å². The van der Waals surface area contributed by atoms with Crippen LogP contribution in [0.2, 0.25) is 0 Å². The first kappa shape index (κ1) is 16.9. The highest BCUT2D eigenvalue weighted by molar-refractivity contribution is 6.03. The van der Waals surface area contributed by atoms with Gasteiger partial charge in [0.2, 0.25) is 0 Å². The first-order valence-corrected chi connectivity index (χ1v) is 8.09. The van der Waals surface area contributed by atoms with Crippen LogP contribution >= 0.6 is 0 Å². The predicted molar refractivity (Wildman–Crippen MR) is 91.1 cm³/mol. The number of carbonyl (C=O) groups excluding carboxylic acids is 2. The second kappa shape index (κ2) is 6.54. The standard InChI is InChI=1S/C17H21N5O3/c1-17(2,3)25-16(24)22-8-6-13-12(10-22)14(21-20-13)19-15(23)11-5-4-7-18-9-11/h4-5,7,9H,6,8,10H2,1-3H3,(H2,19,20,21,23). The molecule has 132 valence electrons. The Balaban J connectivity index is 1.73. The van der Waals surface area contributed by atoms with Crippen molar-refractivity contribution in [1.82, 2.24) is 20.1 Å². The summed E-state index contributed by atoms with van der Waals surface area (Å²) in [5.41, 5.74) is 1.61. The molecule has 0 saturated heterocycles. The SMILES string of the molecule is CC(C)(C)OC(=O)N1CCc2[nH]nc(NC(=O)c3cccnc3)c2C1. The maximum atomic E-state index is 12.3. The van der Waals surface area contributed by atoms with E-state index in [9.17, 15) is 9.59 Å². The molecular weight excluding hydrogens is 322 g/mol. The molecule has 0 spiro atoms. The molecular formula is C17H21N5O3. The summed E-state index contributed by atoms with van der Waals surface area (Å²) in [4.78, 5) is 30.1. The average molecular weight is 343 g/mol. The molecule has 2 aromatic heterocycles. The molecule has 3 rings (SSSR count). The molecule has 1 aliphatic rings. The van der Waals surface area contributed by atoms with E-state index in [-0.39, 0.29) is 12.0 Å². The molecule has 2 aromatic rings. The Morgan fingerprint density at radius 2 is 2.16 bits per heavy atom. The van der Waals surface area contributed by atoms with Crippen LogP contribution in [0.4, 0.5) is 10.6 Å². The summed E-state index contributed by atoms with van der Waals surface area (Å²) in [6, 6.07) is 3.37. The van der Waals surface area contributed by atoms with Crippen LogP contribution in [0.5, 0.6) is 0 Å². The molecule has 0 fully saturated rings. The number of pyridine rings is 1. The maximum absolute atomic E-state index is 12.3. The molecule has 3 heterocycles. The minimum Gasteiger partial charge on any atom is -0.444 e. The van der Waals surface area contributed by atoms with E-state index in [0.29, 0.717) is 30.9 Å². The highest BCUT2D eigenvalue weighted by Gasteiger charge is 2.29. The lowest BCUT2D eigenvalue weighted by molar-refractivity contribution is 0.0224. The molecule has 2 amide bonds. The zero-order valence-corrected chi connectivity index (χ0v) is 14.5. The first-order valence-electron chi connectivity index (χ1n) is 8.09. The quantitative estimate of drug-likeness (QED) is 0.872. The number of rotatable bonds is 2. The van der Waals surface area contributed by atoms with E-state index in [2.05, 4.69) is 20.5 Å². The van der Waals surface area contributed by atoms with Crippen molar-refractivity contribution in [1.29, 1.82) is 0 Å². The molecule has 0 aliphatic carbocycles. The van der Waals surface area contributed by atoms with Crippen LogP contribution < -0.4 is 5.32 Å². The van der Waals surface area contributed by atoms with Gasteiger partial charge in [0, 0.05) is 36.6 Å². The molecule has 1 aliphatic heterocycles. The molecule has 0 aromatic carbocycles. The number of ether oxygens (including phenoxy) is 1. The van der Waals surface area contributed by atoms with E-state index in [4.69, 9.17) is 4.74 Å². The third kappa shape index (κ3) is 3.96. The fraction of sp³-hybridized carbons (Fsp3) is 0.412. The molecule has 8 heteroatoms. The summed E-state index contributed by atoms with van der Waals surface area (Å²) >= 11 is 0. The molecule has 8 nitrogen and oxygen atoms in total. The maximum Gasteiger partial charge on any atom is 0.410 e. The lowest BCUT2D eigenvalue weighted by Gasteiger charge is -2.30. The van der Waals surface area contributed by atoms with Crippen molar-refractivity contribution in [2.45, 2.75) is 39.3 Å². The highest BCUT2D eigenvalue weighted by atomic mass is 16.6. The zero-order chi connectivity index (χ0) is 18.0. The number of amides is 2. The van der Waals surface area contributed by atoms with Crippen LogP contribution in [-0.4, -0.2) is 44.2 Å². The monoisotopic (exact) mass is 343 g/mol. The lowest BCUT2D eigenvalue weighted by atomic mass is 10.1. The topological polar surface area (TPSA) is 100 Å². The van der Waals surface area contributed by atoms with Crippen molar-refractivity contribution < 1.29 is 14.3 Å². The summed E-state index contributed by atoms with van der Waals surface area (Å²) in [5.74, 6) is 0.133. The second-order valence-corrected chi connectivity index (χ2v) is 6.88. The largest absolute Gasteiger partial charge is 0.444 e. The van der Waals surface area contributed by atoms with Gasteiger partial charge in [-0.15, -0.1) is 0 Å². The van der Waals surface area contributed by atoms with Crippen molar-refractivity contribution in [3.8, 4) is 0 Å². The fourth-order valence-electron chi connectivity index (χ4n) is 2.56. The van der Waals surface area contributed by atoms with Gasteiger partial charge in [-0.05, 0) is 32.9 Å².